The summed E-state index contributed by atoms with van der Waals surface area (Å²) in [6.07, 6.45) is 1.88. The summed E-state index contributed by atoms with van der Waals surface area (Å²) in [6, 6.07) is 8.08. The molecule has 0 aliphatic rings. The van der Waals surface area contributed by atoms with Crippen LogP contribution in [0.3, 0.4) is 0 Å². The maximum atomic E-state index is 12.5. The number of halogens is 2. The number of aryl methyl sites for hydroxylation is 1. The minimum atomic E-state index is -4.68. The number of thiazole rings is 1. The van der Waals surface area contributed by atoms with E-state index >= 15 is 0 Å². The highest BCUT2D eigenvalue weighted by molar-refractivity contribution is 7.91. The number of alkyl halides is 2. The molecule has 0 saturated heterocycles. The van der Waals surface area contributed by atoms with Crippen molar-refractivity contribution in [2.24, 2.45) is 7.05 Å². The summed E-state index contributed by atoms with van der Waals surface area (Å²) >= 11 is 1.24. The molecule has 0 radical (unpaired) electrons. The van der Waals surface area contributed by atoms with Crippen molar-refractivity contribution in [3.05, 3.63) is 53.5 Å². The van der Waals surface area contributed by atoms with E-state index in [1.54, 1.807) is 5.38 Å². The van der Waals surface area contributed by atoms with Gasteiger partial charge in [-0.2, -0.15) is 8.78 Å². The fraction of sp³-hybridized carbons (Fsp3) is 0.125. The molecule has 0 saturated carbocycles. The van der Waals surface area contributed by atoms with E-state index in [4.69, 9.17) is 0 Å². The molecule has 2 heterocycles. The van der Waals surface area contributed by atoms with E-state index in [0.717, 1.165) is 17.8 Å². The first-order valence-corrected chi connectivity index (χ1v) is 9.72. The van der Waals surface area contributed by atoms with Crippen molar-refractivity contribution in [2.45, 2.75) is 10.7 Å². The van der Waals surface area contributed by atoms with Crippen LogP contribution in [0.1, 0.15) is 10.4 Å². The topological polar surface area (TPSA) is 81.1 Å². The van der Waals surface area contributed by atoms with Gasteiger partial charge in [0.25, 0.3) is 5.91 Å². The Kier molecular flexibility index (Phi) is 4.88. The van der Waals surface area contributed by atoms with Gasteiger partial charge in [-0.25, -0.2) is 13.4 Å². The molecular formula is C16H13F2N3O3S2. The molecule has 1 aromatic carbocycles. The number of carbonyl (C=O) groups excluding carboxylic acids is 1. The molecule has 1 amide bonds. The predicted octanol–water partition coefficient (Wildman–Crippen LogP) is 3.40. The quantitative estimate of drug-likeness (QED) is 0.716. The Morgan fingerprint density at radius 2 is 1.92 bits per heavy atom. The third kappa shape index (κ3) is 3.51. The molecule has 3 aromatic rings. The Hall–Kier alpha value is -2.59. The molecule has 0 atom stereocenters. The molecule has 10 heteroatoms. The van der Waals surface area contributed by atoms with Gasteiger partial charge in [0.2, 0.25) is 9.84 Å². The molecule has 0 aliphatic heterocycles. The highest BCUT2D eigenvalue weighted by Crippen LogP contribution is 2.25. The van der Waals surface area contributed by atoms with Crippen molar-refractivity contribution in [3.8, 4) is 11.4 Å². The van der Waals surface area contributed by atoms with E-state index in [0.29, 0.717) is 10.8 Å². The zero-order valence-electron chi connectivity index (χ0n) is 13.4. The predicted molar refractivity (Wildman–Crippen MR) is 94.1 cm³/mol. The van der Waals surface area contributed by atoms with Crippen molar-refractivity contribution in [1.82, 2.24) is 9.55 Å². The number of carbonyl (C=O) groups is 1. The summed E-state index contributed by atoms with van der Waals surface area (Å²) in [5.74, 6) is -4.02. The maximum absolute atomic E-state index is 12.5. The zero-order valence-corrected chi connectivity index (χ0v) is 15.0. The van der Waals surface area contributed by atoms with Crippen LogP contribution in [-0.4, -0.2) is 29.6 Å². The van der Waals surface area contributed by atoms with Crippen molar-refractivity contribution in [3.63, 3.8) is 0 Å². The van der Waals surface area contributed by atoms with Gasteiger partial charge >= 0.3 is 5.76 Å². The van der Waals surface area contributed by atoms with Gasteiger partial charge in [0.15, 0.2) is 5.13 Å². The van der Waals surface area contributed by atoms with E-state index in [2.05, 4.69) is 10.3 Å². The highest BCUT2D eigenvalue weighted by Gasteiger charge is 2.26. The Balaban J connectivity index is 1.75. The minimum absolute atomic E-state index is 0.133. The number of anilines is 1. The fourth-order valence-corrected chi connectivity index (χ4v) is 3.66. The van der Waals surface area contributed by atoms with E-state index < -0.39 is 26.4 Å². The number of hydrogen-bond donors (Lipinski definition) is 1. The van der Waals surface area contributed by atoms with Crippen molar-refractivity contribution in [2.75, 3.05) is 5.32 Å². The van der Waals surface area contributed by atoms with Crippen molar-refractivity contribution in [1.29, 1.82) is 0 Å². The lowest BCUT2D eigenvalue weighted by atomic mass is 10.2. The number of nitrogens with one attached hydrogen (secondary N) is 1. The zero-order chi connectivity index (χ0) is 18.9. The number of nitrogens with zero attached hydrogens (tertiary/aromatic N) is 2. The number of hydrogen-bond acceptors (Lipinski definition) is 5. The summed E-state index contributed by atoms with van der Waals surface area (Å²) in [4.78, 5) is 16.0. The standard InChI is InChI=1S/C16H13F2N3O3S2/c1-21-8-2-3-13(21)12-9-25-16(19-12)20-14(22)10-4-6-11(7-5-10)26(23,24)15(17)18/h2-9,15H,1H3,(H,19,20,22). The van der Waals surface area contributed by atoms with Crippen LogP contribution in [0, 0.1) is 0 Å². The normalized spacial score (nSPS) is 11.7. The Morgan fingerprint density at radius 1 is 1.23 bits per heavy atom. The largest absolute Gasteiger partial charge is 0.349 e. The molecule has 0 aliphatic carbocycles. The molecule has 0 fully saturated rings. The Bertz CT molecular complexity index is 1040. The van der Waals surface area contributed by atoms with Crippen LogP contribution >= 0.6 is 11.3 Å². The monoisotopic (exact) mass is 397 g/mol. The van der Waals surface area contributed by atoms with Crippen LogP contribution < -0.4 is 5.32 Å². The van der Waals surface area contributed by atoms with Crippen LogP contribution in [0.25, 0.3) is 11.4 Å². The first kappa shape index (κ1) is 18.2. The second-order valence-electron chi connectivity index (χ2n) is 5.33. The third-order valence-corrected chi connectivity index (χ3v) is 5.77. The summed E-state index contributed by atoms with van der Waals surface area (Å²) < 4.78 is 49.7. The lowest BCUT2D eigenvalue weighted by Crippen LogP contribution is -2.14. The van der Waals surface area contributed by atoms with Crippen LogP contribution in [0.5, 0.6) is 0 Å². The average Bonchev–Trinajstić information content (AvgIpc) is 3.23. The molecule has 1 N–H and O–H groups in total. The number of aromatic nitrogens is 2. The van der Waals surface area contributed by atoms with E-state index in [1.165, 1.54) is 23.5 Å². The molecule has 0 unspecified atom stereocenters. The summed E-state index contributed by atoms with van der Waals surface area (Å²) in [5, 5.41) is 4.77. The smallest absolute Gasteiger partial charge is 0.341 e. The van der Waals surface area contributed by atoms with Crippen molar-refractivity contribution >= 4 is 32.2 Å². The number of amides is 1. The highest BCUT2D eigenvalue weighted by atomic mass is 32.2. The third-order valence-electron chi connectivity index (χ3n) is 3.61. The van der Waals surface area contributed by atoms with Gasteiger partial charge < -0.3 is 4.57 Å². The van der Waals surface area contributed by atoms with Gasteiger partial charge in [-0.1, -0.05) is 0 Å². The van der Waals surface area contributed by atoms with Crippen molar-refractivity contribution < 1.29 is 22.0 Å². The molecular weight excluding hydrogens is 384 g/mol. The van der Waals surface area contributed by atoms with E-state index in [-0.39, 0.29) is 5.56 Å². The van der Waals surface area contributed by atoms with Crippen LogP contribution in [0.2, 0.25) is 0 Å². The van der Waals surface area contributed by atoms with Gasteiger partial charge in [0.05, 0.1) is 16.3 Å². The van der Waals surface area contributed by atoms with Gasteiger partial charge in [0.1, 0.15) is 0 Å². The molecule has 0 bridgehead atoms. The van der Waals surface area contributed by atoms with Gasteiger partial charge in [-0.15, -0.1) is 11.3 Å². The Morgan fingerprint density at radius 3 is 2.50 bits per heavy atom. The number of rotatable bonds is 5. The second kappa shape index (κ2) is 6.96. The summed E-state index contributed by atoms with van der Waals surface area (Å²) in [5.41, 5.74) is 1.73. The molecule has 2 aromatic heterocycles. The molecule has 136 valence electrons. The molecule has 3 rings (SSSR count). The summed E-state index contributed by atoms with van der Waals surface area (Å²) in [6.45, 7) is 0. The average molecular weight is 397 g/mol. The number of benzene rings is 1. The number of sulfone groups is 1. The minimum Gasteiger partial charge on any atom is -0.349 e. The molecule has 6 nitrogen and oxygen atoms in total. The van der Waals surface area contributed by atoms with Gasteiger partial charge in [-0.05, 0) is 36.4 Å². The maximum Gasteiger partial charge on any atom is 0.341 e. The van der Waals surface area contributed by atoms with E-state index in [1.807, 2.05) is 29.9 Å². The SMILES string of the molecule is Cn1cccc1-c1csc(NC(=O)c2ccc(S(=O)(=O)C(F)F)cc2)n1. The van der Waals surface area contributed by atoms with E-state index in [9.17, 15) is 22.0 Å². The fourth-order valence-electron chi connectivity index (χ4n) is 2.24. The lowest BCUT2D eigenvalue weighted by molar-refractivity contribution is 0.102. The second-order valence-corrected chi connectivity index (χ2v) is 8.10. The first-order valence-electron chi connectivity index (χ1n) is 7.30. The lowest BCUT2D eigenvalue weighted by Gasteiger charge is -2.05. The van der Waals surface area contributed by atoms with Gasteiger partial charge in [-0.3, -0.25) is 10.1 Å². The first-order chi connectivity index (χ1) is 12.3. The van der Waals surface area contributed by atoms with Crippen LogP contribution in [-0.2, 0) is 16.9 Å². The molecule has 26 heavy (non-hydrogen) atoms. The summed E-state index contributed by atoms with van der Waals surface area (Å²) in [7, 11) is -2.80. The Labute approximate surface area is 152 Å². The molecule has 0 spiro atoms. The van der Waals surface area contributed by atoms with Crippen LogP contribution in [0.15, 0.2) is 52.9 Å². The van der Waals surface area contributed by atoms with Gasteiger partial charge in [0, 0.05) is 24.2 Å². The van der Waals surface area contributed by atoms with Crippen LogP contribution in [0.4, 0.5) is 13.9 Å².